The number of hydrogen-bond acceptors (Lipinski definition) is 2. The number of anilines is 1. The van der Waals surface area contributed by atoms with Crippen LogP contribution in [-0.4, -0.2) is 5.91 Å². The van der Waals surface area contributed by atoms with Gasteiger partial charge < -0.3 is 9.73 Å². The third-order valence-electron chi connectivity index (χ3n) is 3.49. The van der Waals surface area contributed by atoms with Crippen molar-refractivity contribution in [3.8, 4) is 11.3 Å². The molecule has 0 saturated carbocycles. The van der Waals surface area contributed by atoms with Crippen LogP contribution in [0.1, 0.15) is 16.1 Å². The monoisotopic (exact) mass is 383 g/mol. The highest BCUT2D eigenvalue weighted by atomic mass is 35.5. The van der Waals surface area contributed by atoms with Crippen molar-refractivity contribution in [2.75, 3.05) is 5.32 Å². The maximum atomic E-state index is 12.9. The van der Waals surface area contributed by atoms with Gasteiger partial charge in [0.25, 0.3) is 5.91 Å². The lowest BCUT2D eigenvalue weighted by atomic mass is 10.1. The van der Waals surface area contributed by atoms with Crippen molar-refractivity contribution in [1.82, 2.24) is 0 Å². The van der Waals surface area contributed by atoms with Crippen molar-refractivity contribution in [1.29, 1.82) is 0 Å². The molecule has 0 fully saturated rings. The summed E-state index contributed by atoms with van der Waals surface area (Å²) in [6, 6.07) is 11.1. The van der Waals surface area contributed by atoms with Crippen LogP contribution in [-0.2, 0) is 6.18 Å². The smallest absolute Gasteiger partial charge is 0.417 e. The van der Waals surface area contributed by atoms with Gasteiger partial charge in [0.1, 0.15) is 11.6 Å². The number of hydrogen-bond donors (Lipinski definition) is 1. The van der Waals surface area contributed by atoms with Crippen molar-refractivity contribution < 1.29 is 26.8 Å². The Hall–Kier alpha value is -2.80. The molecule has 1 amide bonds. The Balaban J connectivity index is 1.83. The van der Waals surface area contributed by atoms with E-state index in [9.17, 15) is 22.4 Å². The molecule has 0 bridgehead atoms. The minimum atomic E-state index is -4.61. The summed E-state index contributed by atoms with van der Waals surface area (Å²) in [6.07, 6.45) is -4.61. The number of furan rings is 1. The number of amides is 1. The highest BCUT2D eigenvalue weighted by Crippen LogP contribution is 2.37. The Morgan fingerprint density at radius 1 is 1.00 bits per heavy atom. The van der Waals surface area contributed by atoms with Gasteiger partial charge in [0.2, 0.25) is 0 Å². The second-order valence-electron chi connectivity index (χ2n) is 5.32. The van der Waals surface area contributed by atoms with Crippen LogP contribution >= 0.6 is 11.6 Å². The largest absolute Gasteiger partial charge is 0.451 e. The van der Waals surface area contributed by atoms with E-state index in [1.165, 1.54) is 42.5 Å². The fourth-order valence-corrected chi connectivity index (χ4v) is 2.46. The number of carbonyl (C=O) groups excluding carboxylic acids is 1. The molecular weight excluding hydrogens is 374 g/mol. The lowest BCUT2D eigenvalue weighted by Crippen LogP contribution is -2.10. The number of benzene rings is 2. The zero-order valence-corrected chi connectivity index (χ0v) is 13.7. The van der Waals surface area contributed by atoms with Crippen LogP contribution in [0.25, 0.3) is 11.3 Å². The van der Waals surface area contributed by atoms with Gasteiger partial charge >= 0.3 is 6.18 Å². The zero-order valence-electron chi connectivity index (χ0n) is 12.9. The van der Waals surface area contributed by atoms with Gasteiger partial charge in [-0.3, -0.25) is 4.79 Å². The normalized spacial score (nSPS) is 11.4. The average molecular weight is 384 g/mol. The zero-order chi connectivity index (χ0) is 18.9. The summed E-state index contributed by atoms with van der Waals surface area (Å²) in [7, 11) is 0. The minimum Gasteiger partial charge on any atom is -0.451 e. The van der Waals surface area contributed by atoms with Gasteiger partial charge in [-0.15, -0.1) is 0 Å². The van der Waals surface area contributed by atoms with Crippen LogP contribution in [0.3, 0.4) is 0 Å². The minimum absolute atomic E-state index is 0.0800. The summed E-state index contributed by atoms with van der Waals surface area (Å²) in [4.78, 5) is 12.1. The molecule has 0 aliphatic rings. The van der Waals surface area contributed by atoms with E-state index in [2.05, 4.69) is 5.32 Å². The molecule has 2 aromatic carbocycles. The molecule has 0 saturated heterocycles. The van der Waals surface area contributed by atoms with Gasteiger partial charge in [-0.25, -0.2) is 4.39 Å². The van der Waals surface area contributed by atoms with E-state index in [-0.39, 0.29) is 17.1 Å². The Morgan fingerprint density at radius 3 is 2.35 bits per heavy atom. The number of nitrogens with one attached hydrogen (secondary N) is 1. The molecule has 26 heavy (non-hydrogen) atoms. The highest BCUT2D eigenvalue weighted by Gasteiger charge is 2.33. The van der Waals surface area contributed by atoms with Crippen molar-refractivity contribution in [3.05, 3.63) is 76.8 Å². The number of halogens is 5. The summed E-state index contributed by atoms with van der Waals surface area (Å²) in [5, 5.41) is 2.07. The first-order valence-electron chi connectivity index (χ1n) is 7.28. The standard InChI is InChI=1S/C18H10ClF4NO2/c19-14-6-1-10(9-13(14)18(21,22)23)15-7-8-16(26-15)17(25)24-12-4-2-11(20)3-5-12/h1-9H,(H,24,25). The van der Waals surface area contributed by atoms with Crippen LogP contribution < -0.4 is 5.32 Å². The van der Waals surface area contributed by atoms with Gasteiger partial charge in [-0.1, -0.05) is 11.6 Å². The van der Waals surface area contributed by atoms with Gasteiger partial charge in [-0.05, 0) is 54.6 Å². The van der Waals surface area contributed by atoms with E-state index in [0.29, 0.717) is 5.69 Å². The SMILES string of the molecule is O=C(Nc1ccc(F)cc1)c1ccc(-c2ccc(Cl)c(C(F)(F)F)c2)o1. The van der Waals surface area contributed by atoms with E-state index in [1.807, 2.05) is 0 Å². The van der Waals surface area contributed by atoms with Gasteiger partial charge in [0, 0.05) is 11.3 Å². The maximum absolute atomic E-state index is 12.9. The summed E-state index contributed by atoms with van der Waals surface area (Å²) >= 11 is 5.58. The predicted octanol–water partition coefficient (Wildman–Crippen LogP) is 6.01. The fourth-order valence-electron chi connectivity index (χ4n) is 2.24. The highest BCUT2D eigenvalue weighted by molar-refractivity contribution is 6.31. The number of alkyl halides is 3. The Bertz CT molecular complexity index is 949. The van der Waals surface area contributed by atoms with Crippen molar-refractivity contribution in [3.63, 3.8) is 0 Å². The predicted molar refractivity (Wildman–Crippen MR) is 88.5 cm³/mol. The molecule has 0 spiro atoms. The molecule has 3 aromatic rings. The summed E-state index contributed by atoms with van der Waals surface area (Å²) in [5.74, 6) is -1.09. The third kappa shape index (κ3) is 3.88. The summed E-state index contributed by atoms with van der Waals surface area (Å²) in [5.41, 5.74) is -0.520. The molecule has 0 aliphatic carbocycles. The molecule has 1 aromatic heterocycles. The Labute approximate surface area is 150 Å². The molecule has 0 aliphatic heterocycles. The molecule has 0 unspecified atom stereocenters. The van der Waals surface area contributed by atoms with Crippen LogP contribution in [0, 0.1) is 5.82 Å². The Morgan fingerprint density at radius 2 is 1.69 bits per heavy atom. The second-order valence-corrected chi connectivity index (χ2v) is 5.72. The first-order valence-corrected chi connectivity index (χ1v) is 7.66. The average Bonchev–Trinajstić information content (AvgIpc) is 3.06. The van der Waals surface area contributed by atoms with Gasteiger partial charge in [-0.2, -0.15) is 13.2 Å². The van der Waals surface area contributed by atoms with E-state index in [4.69, 9.17) is 16.0 Å². The van der Waals surface area contributed by atoms with E-state index >= 15 is 0 Å². The van der Waals surface area contributed by atoms with Crippen molar-refractivity contribution in [2.24, 2.45) is 0 Å². The molecule has 1 N–H and O–H groups in total. The molecule has 3 rings (SSSR count). The number of carbonyl (C=O) groups is 1. The van der Waals surface area contributed by atoms with Crippen LogP contribution in [0.2, 0.25) is 5.02 Å². The lowest BCUT2D eigenvalue weighted by Gasteiger charge is -2.10. The topological polar surface area (TPSA) is 42.2 Å². The fraction of sp³-hybridized carbons (Fsp3) is 0.0556. The first kappa shape index (κ1) is 18.0. The quantitative estimate of drug-likeness (QED) is 0.563. The molecular formula is C18H10ClF4NO2. The molecule has 0 radical (unpaired) electrons. The third-order valence-corrected chi connectivity index (χ3v) is 3.82. The second kappa shape index (κ2) is 6.84. The summed E-state index contributed by atoms with van der Waals surface area (Å²) < 4.78 is 57.0. The molecule has 134 valence electrons. The van der Waals surface area contributed by atoms with Gasteiger partial charge in [0.15, 0.2) is 5.76 Å². The first-order chi connectivity index (χ1) is 12.2. The Kier molecular flexibility index (Phi) is 4.73. The van der Waals surface area contributed by atoms with Crippen LogP contribution in [0.15, 0.2) is 59.0 Å². The molecule has 0 atom stereocenters. The van der Waals surface area contributed by atoms with Crippen molar-refractivity contribution in [2.45, 2.75) is 6.18 Å². The lowest BCUT2D eigenvalue weighted by molar-refractivity contribution is -0.137. The van der Waals surface area contributed by atoms with E-state index < -0.39 is 28.5 Å². The summed E-state index contributed by atoms with van der Waals surface area (Å²) in [6.45, 7) is 0. The van der Waals surface area contributed by atoms with E-state index in [1.54, 1.807) is 0 Å². The van der Waals surface area contributed by atoms with E-state index in [0.717, 1.165) is 12.1 Å². The van der Waals surface area contributed by atoms with Crippen molar-refractivity contribution >= 4 is 23.2 Å². The van der Waals surface area contributed by atoms with Gasteiger partial charge in [0.05, 0.1) is 10.6 Å². The molecule has 8 heteroatoms. The molecule has 1 heterocycles. The maximum Gasteiger partial charge on any atom is 0.417 e. The number of rotatable bonds is 3. The van der Waals surface area contributed by atoms with Crippen LogP contribution in [0.4, 0.5) is 23.2 Å². The van der Waals surface area contributed by atoms with Crippen LogP contribution in [0.5, 0.6) is 0 Å². The molecule has 3 nitrogen and oxygen atoms in total.